The van der Waals surface area contributed by atoms with Crippen molar-refractivity contribution in [1.82, 2.24) is 9.88 Å². The molecule has 164 valence electrons. The average molecular weight is 502 g/mol. The molecule has 33 heavy (non-hydrogen) atoms. The van der Waals surface area contributed by atoms with Gasteiger partial charge in [0.2, 0.25) is 0 Å². The highest BCUT2D eigenvalue weighted by Crippen LogP contribution is 2.36. The molecule has 7 heteroatoms. The monoisotopic (exact) mass is 501 g/mol. The Kier molecular flexibility index (Phi) is 5.56. The van der Waals surface area contributed by atoms with E-state index in [1.165, 1.54) is 0 Å². The molecule has 2 N–H and O–H groups in total. The van der Waals surface area contributed by atoms with Gasteiger partial charge in [-0.05, 0) is 29.3 Å². The smallest absolute Gasteiger partial charge is 0.323 e. The van der Waals surface area contributed by atoms with E-state index in [0.29, 0.717) is 11.3 Å². The standard InChI is InChI=1S/C26H20BrN3O3/c27-18-11-12-21-19(13-18)20(14-30(21)15-22(31)32)25-26(33)29-24(17-9-5-2-6-10-17)23(28-25)16-7-3-1-4-8-16/h1-14,23-24H,15H2,(H,29,33)(H,31,32)/t23-,24-/m1/s1. The minimum Gasteiger partial charge on any atom is -0.480 e. The molecule has 3 aromatic carbocycles. The summed E-state index contributed by atoms with van der Waals surface area (Å²) in [5.74, 6) is -1.24. The van der Waals surface area contributed by atoms with Crippen molar-refractivity contribution < 1.29 is 14.7 Å². The number of hydrogen-bond acceptors (Lipinski definition) is 3. The lowest BCUT2D eigenvalue weighted by molar-refractivity contribution is -0.137. The number of benzene rings is 3. The van der Waals surface area contributed by atoms with Gasteiger partial charge in [-0.3, -0.25) is 14.6 Å². The van der Waals surface area contributed by atoms with Crippen LogP contribution < -0.4 is 5.32 Å². The van der Waals surface area contributed by atoms with E-state index in [-0.39, 0.29) is 24.5 Å². The van der Waals surface area contributed by atoms with Crippen LogP contribution in [0.4, 0.5) is 0 Å². The number of carboxylic acids is 1. The van der Waals surface area contributed by atoms with Gasteiger partial charge in [-0.25, -0.2) is 0 Å². The SMILES string of the molecule is O=C(O)Cn1cc(C2=N[C@H](c3ccccc3)[C@@H](c3ccccc3)NC2=O)c2cc(Br)ccc21. The van der Waals surface area contributed by atoms with Gasteiger partial charge >= 0.3 is 5.97 Å². The molecular formula is C26H20BrN3O3. The van der Waals surface area contributed by atoms with Crippen molar-refractivity contribution in [3.63, 3.8) is 0 Å². The number of rotatable bonds is 5. The number of carbonyl (C=O) groups excluding carboxylic acids is 1. The van der Waals surface area contributed by atoms with Crippen LogP contribution in [0.5, 0.6) is 0 Å². The number of aromatic nitrogens is 1. The number of halogens is 1. The topological polar surface area (TPSA) is 83.7 Å². The Bertz CT molecular complexity index is 1380. The quantitative estimate of drug-likeness (QED) is 0.408. The van der Waals surface area contributed by atoms with Crippen molar-refractivity contribution >= 4 is 44.4 Å². The second kappa shape index (κ2) is 8.67. The second-order valence-electron chi connectivity index (χ2n) is 7.92. The first kappa shape index (κ1) is 21.2. The van der Waals surface area contributed by atoms with Crippen LogP contribution in [0.2, 0.25) is 0 Å². The van der Waals surface area contributed by atoms with Crippen LogP contribution in [0.25, 0.3) is 10.9 Å². The molecule has 0 saturated heterocycles. The maximum Gasteiger partial charge on any atom is 0.323 e. The lowest BCUT2D eigenvalue weighted by Gasteiger charge is -2.31. The molecule has 6 nitrogen and oxygen atoms in total. The van der Waals surface area contributed by atoms with Gasteiger partial charge in [-0.1, -0.05) is 76.6 Å². The molecule has 0 saturated carbocycles. The Labute approximate surface area is 198 Å². The van der Waals surface area contributed by atoms with Gasteiger partial charge in [0.05, 0.1) is 6.04 Å². The zero-order valence-corrected chi connectivity index (χ0v) is 19.1. The third-order valence-electron chi connectivity index (χ3n) is 5.79. The van der Waals surface area contributed by atoms with Gasteiger partial charge < -0.3 is 15.0 Å². The number of aliphatic imine (C=N–C) groups is 1. The third kappa shape index (κ3) is 4.07. The first-order chi connectivity index (χ1) is 16.0. The van der Waals surface area contributed by atoms with Crippen LogP contribution >= 0.6 is 15.9 Å². The fourth-order valence-electron chi connectivity index (χ4n) is 4.33. The minimum atomic E-state index is -0.956. The minimum absolute atomic E-state index is 0.207. The number of aliphatic carboxylic acids is 1. The Morgan fingerprint density at radius 1 is 1.00 bits per heavy atom. The lowest BCUT2D eigenvalue weighted by Crippen LogP contribution is -2.42. The Balaban J connectivity index is 1.69. The van der Waals surface area contributed by atoms with Crippen molar-refractivity contribution in [2.45, 2.75) is 18.6 Å². The molecule has 1 aromatic heterocycles. The van der Waals surface area contributed by atoms with Crippen LogP contribution in [0.1, 0.15) is 28.8 Å². The van der Waals surface area contributed by atoms with Crippen LogP contribution in [-0.2, 0) is 16.1 Å². The van der Waals surface area contributed by atoms with Crippen LogP contribution in [0.3, 0.4) is 0 Å². The Morgan fingerprint density at radius 3 is 2.33 bits per heavy atom. The van der Waals surface area contributed by atoms with Gasteiger partial charge in [0, 0.05) is 27.1 Å². The molecular weight excluding hydrogens is 482 g/mol. The molecule has 1 aliphatic rings. The number of amides is 1. The summed E-state index contributed by atoms with van der Waals surface area (Å²) >= 11 is 3.49. The number of hydrogen-bond donors (Lipinski definition) is 2. The lowest BCUT2D eigenvalue weighted by atomic mass is 9.91. The highest BCUT2D eigenvalue weighted by molar-refractivity contribution is 9.10. The first-order valence-corrected chi connectivity index (χ1v) is 11.3. The number of nitrogens with zero attached hydrogens (tertiary/aromatic N) is 2. The van der Waals surface area contributed by atoms with Crippen LogP contribution in [0, 0.1) is 0 Å². The molecule has 1 amide bonds. The summed E-state index contributed by atoms with van der Waals surface area (Å²) in [6.07, 6.45) is 1.70. The van der Waals surface area contributed by atoms with E-state index >= 15 is 0 Å². The summed E-state index contributed by atoms with van der Waals surface area (Å²) in [5, 5.41) is 13.3. The normalized spacial score (nSPS) is 18.1. The predicted molar refractivity (Wildman–Crippen MR) is 130 cm³/mol. The zero-order valence-electron chi connectivity index (χ0n) is 17.5. The van der Waals surface area contributed by atoms with E-state index in [0.717, 1.165) is 26.5 Å². The first-order valence-electron chi connectivity index (χ1n) is 10.5. The van der Waals surface area contributed by atoms with E-state index in [1.54, 1.807) is 10.8 Å². The van der Waals surface area contributed by atoms with E-state index in [4.69, 9.17) is 4.99 Å². The summed E-state index contributed by atoms with van der Waals surface area (Å²) in [5.41, 5.74) is 3.59. The van der Waals surface area contributed by atoms with Crippen LogP contribution in [0.15, 0.2) is 94.5 Å². The molecule has 1 aliphatic heterocycles. The van der Waals surface area contributed by atoms with E-state index < -0.39 is 5.97 Å². The van der Waals surface area contributed by atoms with E-state index in [1.807, 2.05) is 78.9 Å². The number of carbonyl (C=O) groups is 2. The molecule has 0 unspecified atom stereocenters. The van der Waals surface area contributed by atoms with Crippen LogP contribution in [-0.4, -0.2) is 27.3 Å². The number of nitrogens with one attached hydrogen (secondary N) is 1. The molecule has 0 aliphatic carbocycles. The Hall–Kier alpha value is -3.71. The van der Waals surface area contributed by atoms with Gasteiger partial charge in [0.25, 0.3) is 5.91 Å². The molecule has 5 rings (SSSR count). The van der Waals surface area contributed by atoms with Crippen molar-refractivity contribution in [3.05, 3.63) is 106 Å². The highest BCUT2D eigenvalue weighted by Gasteiger charge is 2.34. The molecule has 0 bridgehead atoms. The molecule has 4 aromatic rings. The maximum absolute atomic E-state index is 13.3. The number of fused-ring (bicyclic) bond motifs is 1. The van der Waals surface area contributed by atoms with E-state index in [2.05, 4.69) is 21.2 Å². The largest absolute Gasteiger partial charge is 0.480 e. The van der Waals surface area contributed by atoms with Gasteiger partial charge in [-0.15, -0.1) is 0 Å². The van der Waals surface area contributed by atoms with Crippen molar-refractivity contribution in [3.8, 4) is 0 Å². The summed E-state index contributed by atoms with van der Waals surface area (Å²) in [7, 11) is 0. The second-order valence-corrected chi connectivity index (χ2v) is 8.84. The zero-order chi connectivity index (χ0) is 22.9. The van der Waals surface area contributed by atoms with Gasteiger partial charge in [0.15, 0.2) is 0 Å². The van der Waals surface area contributed by atoms with Gasteiger partial charge in [-0.2, -0.15) is 0 Å². The molecule has 2 heterocycles. The maximum atomic E-state index is 13.3. The average Bonchev–Trinajstić information content (AvgIpc) is 3.16. The fraction of sp³-hybridized carbons (Fsp3) is 0.115. The van der Waals surface area contributed by atoms with Gasteiger partial charge in [0.1, 0.15) is 18.3 Å². The highest BCUT2D eigenvalue weighted by atomic mass is 79.9. The van der Waals surface area contributed by atoms with Crippen molar-refractivity contribution in [2.75, 3.05) is 0 Å². The molecule has 0 radical (unpaired) electrons. The van der Waals surface area contributed by atoms with Crippen molar-refractivity contribution in [2.24, 2.45) is 4.99 Å². The fourth-order valence-corrected chi connectivity index (χ4v) is 4.69. The summed E-state index contributed by atoms with van der Waals surface area (Å²) in [6, 6.07) is 24.6. The van der Waals surface area contributed by atoms with Crippen molar-refractivity contribution in [1.29, 1.82) is 0 Å². The summed E-state index contributed by atoms with van der Waals surface area (Å²) < 4.78 is 2.47. The predicted octanol–water partition coefficient (Wildman–Crippen LogP) is 4.89. The molecule has 0 spiro atoms. The van der Waals surface area contributed by atoms with E-state index in [9.17, 15) is 14.7 Å². The number of carboxylic acid groups (broad SMARTS) is 1. The Morgan fingerprint density at radius 2 is 1.67 bits per heavy atom. The third-order valence-corrected chi connectivity index (χ3v) is 6.28. The molecule has 2 atom stereocenters. The summed E-state index contributed by atoms with van der Waals surface area (Å²) in [6.45, 7) is -0.207. The summed E-state index contributed by atoms with van der Waals surface area (Å²) in [4.78, 5) is 29.7. The molecule has 0 fully saturated rings.